The lowest BCUT2D eigenvalue weighted by Crippen LogP contribution is -1.88. The fourth-order valence-electron chi connectivity index (χ4n) is 2.08. The second kappa shape index (κ2) is 10.7. The molecule has 98 valence electrons. The van der Waals surface area contributed by atoms with Gasteiger partial charge < -0.3 is 4.74 Å². The highest BCUT2D eigenvalue weighted by atomic mass is 16.5. The lowest BCUT2D eigenvalue weighted by atomic mass is 10.0. The van der Waals surface area contributed by atoms with Gasteiger partial charge in [-0.1, -0.05) is 62.4 Å². The van der Waals surface area contributed by atoms with E-state index in [-0.39, 0.29) is 0 Å². The van der Waals surface area contributed by atoms with Crippen molar-refractivity contribution in [3.63, 3.8) is 0 Å². The number of nitriles is 1. The molecule has 0 unspecified atom stereocenters. The lowest BCUT2D eigenvalue weighted by Gasteiger charge is -2.02. The Hall–Kier alpha value is -1.49. The first-order chi connectivity index (χ1) is 8.93. The normalized spacial score (nSPS) is 9.94. The third-order valence-electron chi connectivity index (χ3n) is 3.12. The van der Waals surface area contributed by atoms with E-state index in [9.17, 15) is 0 Å². The van der Waals surface area contributed by atoms with E-state index >= 15 is 0 Å². The molecule has 0 spiro atoms. The van der Waals surface area contributed by atoms with Crippen molar-refractivity contribution >= 4 is 0 Å². The third kappa shape index (κ3) is 7.73. The van der Waals surface area contributed by atoms with Crippen molar-refractivity contribution in [3.8, 4) is 6.26 Å². The SMILES string of the molecule is N#COCCCCCCCCCc1ccccc1. The Kier molecular flexibility index (Phi) is 8.62. The first kappa shape index (κ1) is 14.6. The molecule has 2 heteroatoms. The van der Waals surface area contributed by atoms with E-state index in [1.54, 1.807) is 6.26 Å². The molecule has 1 aromatic rings. The van der Waals surface area contributed by atoms with Crippen LogP contribution in [0.3, 0.4) is 0 Å². The Labute approximate surface area is 111 Å². The molecule has 0 aliphatic heterocycles. The van der Waals surface area contributed by atoms with Crippen LogP contribution in [0.2, 0.25) is 0 Å². The van der Waals surface area contributed by atoms with Gasteiger partial charge in [-0.15, -0.1) is 0 Å². The molecule has 1 aromatic carbocycles. The summed E-state index contributed by atoms with van der Waals surface area (Å²) < 4.78 is 4.63. The van der Waals surface area contributed by atoms with Gasteiger partial charge in [0.25, 0.3) is 6.26 Å². The summed E-state index contributed by atoms with van der Waals surface area (Å²) in [5.74, 6) is 0. The number of benzene rings is 1. The molecule has 0 atom stereocenters. The van der Waals surface area contributed by atoms with Gasteiger partial charge in [0, 0.05) is 0 Å². The van der Waals surface area contributed by atoms with E-state index in [0.29, 0.717) is 6.61 Å². The molecule has 0 amide bonds. The van der Waals surface area contributed by atoms with E-state index in [2.05, 4.69) is 35.1 Å². The minimum absolute atomic E-state index is 0.588. The molecule has 0 aliphatic rings. The second-order valence-corrected chi connectivity index (χ2v) is 4.65. The van der Waals surface area contributed by atoms with Crippen LogP contribution in [0.5, 0.6) is 0 Å². The van der Waals surface area contributed by atoms with Gasteiger partial charge in [0.1, 0.15) is 6.61 Å². The lowest BCUT2D eigenvalue weighted by molar-refractivity contribution is 0.260. The Balaban J connectivity index is 1.83. The van der Waals surface area contributed by atoms with E-state index in [4.69, 9.17) is 5.26 Å². The van der Waals surface area contributed by atoms with Gasteiger partial charge >= 0.3 is 0 Å². The van der Waals surface area contributed by atoms with Crippen LogP contribution in [0.15, 0.2) is 30.3 Å². The van der Waals surface area contributed by atoms with Crippen LogP contribution >= 0.6 is 0 Å². The molecule has 1 rings (SSSR count). The average molecular weight is 245 g/mol. The molecule has 0 aromatic heterocycles. The number of nitrogens with zero attached hydrogens (tertiary/aromatic N) is 1. The smallest absolute Gasteiger partial charge is 0.286 e. The van der Waals surface area contributed by atoms with Gasteiger partial charge in [0.2, 0.25) is 0 Å². The highest BCUT2D eigenvalue weighted by Crippen LogP contribution is 2.10. The van der Waals surface area contributed by atoms with Crippen molar-refractivity contribution in [2.24, 2.45) is 0 Å². The van der Waals surface area contributed by atoms with Crippen molar-refractivity contribution in [3.05, 3.63) is 35.9 Å². The molecule has 0 aliphatic carbocycles. The third-order valence-corrected chi connectivity index (χ3v) is 3.12. The van der Waals surface area contributed by atoms with Crippen LogP contribution in [-0.2, 0) is 11.2 Å². The molecule has 0 N–H and O–H groups in total. The predicted octanol–water partition coefficient (Wildman–Crippen LogP) is 4.46. The molecule has 0 heterocycles. The van der Waals surface area contributed by atoms with Crippen LogP contribution in [0, 0.1) is 11.5 Å². The molecule has 2 nitrogen and oxygen atoms in total. The van der Waals surface area contributed by atoms with Crippen LogP contribution in [0.1, 0.15) is 50.5 Å². The summed E-state index contributed by atoms with van der Waals surface area (Å²) in [6.45, 7) is 0.588. The quantitative estimate of drug-likeness (QED) is 0.450. The van der Waals surface area contributed by atoms with Crippen molar-refractivity contribution in [1.29, 1.82) is 5.26 Å². The van der Waals surface area contributed by atoms with Gasteiger partial charge in [0.05, 0.1) is 0 Å². The first-order valence-electron chi connectivity index (χ1n) is 6.98. The summed E-state index contributed by atoms with van der Waals surface area (Å²) in [5, 5.41) is 8.19. The molecular weight excluding hydrogens is 222 g/mol. The molecule has 0 saturated heterocycles. The highest BCUT2D eigenvalue weighted by Gasteiger charge is 1.94. The fraction of sp³-hybridized carbons (Fsp3) is 0.562. The first-order valence-corrected chi connectivity index (χ1v) is 6.98. The van der Waals surface area contributed by atoms with Gasteiger partial charge in [-0.05, 0) is 24.8 Å². The maximum atomic E-state index is 8.19. The van der Waals surface area contributed by atoms with Crippen molar-refractivity contribution in [1.82, 2.24) is 0 Å². The minimum Gasteiger partial charge on any atom is -0.428 e. The van der Waals surface area contributed by atoms with Crippen molar-refractivity contribution in [2.75, 3.05) is 6.61 Å². The second-order valence-electron chi connectivity index (χ2n) is 4.65. The van der Waals surface area contributed by atoms with E-state index in [1.807, 2.05) is 0 Å². The molecule has 0 radical (unpaired) electrons. The maximum Gasteiger partial charge on any atom is 0.286 e. The van der Waals surface area contributed by atoms with Crippen molar-refractivity contribution in [2.45, 2.75) is 51.4 Å². The standard InChI is InChI=1S/C16H23NO/c17-15-18-14-10-5-3-1-2-4-7-11-16-12-8-6-9-13-16/h6,8-9,12-13H,1-5,7,10-11,14H2. The fourth-order valence-corrected chi connectivity index (χ4v) is 2.08. The zero-order valence-corrected chi connectivity index (χ0v) is 11.1. The Morgan fingerprint density at radius 3 is 2.11 bits per heavy atom. The molecule has 0 bridgehead atoms. The summed E-state index contributed by atoms with van der Waals surface area (Å²) in [6, 6.07) is 10.7. The Morgan fingerprint density at radius 1 is 0.833 bits per heavy atom. The molecule has 0 fully saturated rings. The van der Waals surface area contributed by atoms with Gasteiger partial charge in [-0.3, -0.25) is 0 Å². The molecular formula is C16H23NO. The number of hydrogen-bond acceptors (Lipinski definition) is 2. The summed E-state index contributed by atoms with van der Waals surface area (Å²) in [5.41, 5.74) is 1.45. The van der Waals surface area contributed by atoms with Crippen LogP contribution < -0.4 is 0 Å². The zero-order chi connectivity index (χ0) is 12.9. The van der Waals surface area contributed by atoms with Gasteiger partial charge in [-0.2, -0.15) is 5.26 Å². The van der Waals surface area contributed by atoms with Gasteiger partial charge in [-0.25, -0.2) is 0 Å². The highest BCUT2D eigenvalue weighted by molar-refractivity contribution is 5.14. The van der Waals surface area contributed by atoms with Gasteiger partial charge in [0.15, 0.2) is 0 Å². The minimum atomic E-state index is 0.588. The predicted molar refractivity (Wildman–Crippen MR) is 74.0 cm³/mol. The number of unbranched alkanes of at least 4 members (excludes halogenated alkanes) is 6. The van der Waals surface area contributed by atoms with Crippen molar-refractivity contribution < 1.29 is 4.74 Å². The Bertz CT molecular complexity index is 329. The number of rotatable bonds is 10. The Morgan fingerprint density at radius 2 is 1.44 bits per heavy atom. The maximum absolute atomic E-state index is 8.19. The topological polar surface area (TPSA) is 33.0 Å². The van der Waals surface area contributed by atoms with E-state index in [1.165, 1.54) is 50.5 Å². The average Bonchev–Trinajstić information content (AvgIpc) is 2.42. The molecule has 18 heavy (non-hydrogen) atoms. The summed E-state index contributed by atoms with van der Waals surface area (Å²) in [4.78, 5) is 0. The molecule has 0 saturated carbocycles. The largest absolute Gasteiger partial charge is 0.428 e. The van der Waals surface area contributed by atoms with E-state index in [0.717, 1.165) is 6.42 Å². The van der Waals surface area contributed by atoms with Crippen LogP contribution in [0.4, 0.5) is 0 Å². The number of ether oxygens (including phenoxy) is 1. The monoisotopic (exact) mass is 245 g/mol. The summed E-state index contributed by atoms with van der Waals surface area (Å²) in [7, 11) is 0. The number of aryl methyl sites for hydroxylation is 1. The zero-order valence-electron chi connectivity index (χ0n) is 11.1. The summed E-state index contributed by atoms with van der Waals surface area (Å²) in [6.07, 6.45) is 11.6. The summed E-state index contributed by atoms with van der Waals surface area (Å²) >= 11 is 0. The van der Waals surface area contributed by atoms with Crippen LogP contribution in [-0.4, -0.2) is 6.61 Å². The van der Waals surface area contributed by atoms with E-state index < -0.39 is 0 Å². The number of hydrogen-bond donors (Lipinski definition) is 0. The van der Waals surface area contributed by atoms with Crippen LogP contribution in [0.25, 0.3) is 0 Å².